The molecule has 1 saturated heterocycles. The first-order valence-corrected chi connectivity index (χ1v) is 13.3. The summed E-state index contributed by atoms with van der Waals surface area (Å²) in [6, 6.07) is 14.1. The lowest BCUT2D eigenvalue weighted by molar-refractivity contribution is -0.267. The van der Waals surface area contributed by atoms with Crippen LogP contribution in [0.4, 0.5) is 5.69 Å². The maximum atomic E-state index is 12.6. The number of hydrogen-bond donors (Lipinski definition) is 6. The number of aliphatic hydroxyl groups is 3. The third kappa shape index (κ3) is 8.94. The molecule has 0 spiro atoms. The van der Waals surface area contributed by atoms with Crippen molar-refractivity contribution in [2.45, 2.75) is 51.0 Å². The number of nitrogens with two attached hydrogens (primary N) is 1. The van der Waals surface area contributed by atoms with Gasteiger partial charge in [0, 0.05) is 44.3 Å². The molecule has 216 valence electrons. The van der Waals surface area contributed by atoms with Crippen LogP contribution in [0.15, 0.2) is 53.9 Å². The van der Waals surface area contributed by atoms with Crippen LogP contribution in [0, 0.1) is 11.3 Å². The molecule has 3 unspecified atom stereocenters. The smallest absolute Gasteiger partial charge is 0.262 e. The second-order valence-electron chi connectivity index (χ2n) is 9.75. The Kier molecular flexibility index (Phi) is 11.7. The quantitative estimate of drug-likeness (QED) is 0.121. The summed E-state index contributed by atoms with van der Waals surface area (Å²) >= 11 is 0. The molecule has 0 saturated carbocycles. The SMILES string of the molecule is COC(OC(CN/C=C(\N)CNC(=O)/C(C#N)=C/c1ccc2cc(N3CCCCC3)ccc2c1)C(C)O)C(O)O. The van der Waals surface area contributed by atoms with Gasteiger partial charge in [-0.15, -0.1) is 0 Å². The third-order valence-corrected chi connectivity index (χ3v) is 6.63. The number of carbonyl (C=O) groups excluding carboxylic acids is 1. The number of anilines is 1. The van der Waals surface area contributed by atoms with E-state index in [1.165, 1.54) is 51.3 Å². The van der Waals surface area contributed by atoms with Gasteiger partial charge in [-0.05, 0) is 66.8 Å². The minimum Gasteiger partial charge on any atom is -0.399 e. The molecule has 2 aromatic rings. The molecular formula is C29H39N5O6. The first-order chi connectivity index (χ1) is 19.2. The highest BCUT2D eigenvalue weighted by Crippen LogP contribution is 2.26. The van der Waals surface area contributed by atoms with Gasteiger partial charge in [-0.1, -0.05) is 18.2 Å². The lowest BCUT2D eigenvalue weighted by Gasteiger charge is -2.29. The molecule has 0 aromatic heterocycles. The van der Waals surface area contributed by atoms with Crippen LogP contribution in [-0.2, 0) is 14.3 Å². The zero-order valence-electron chi connectivity index (χ0n) is 22.9. The summed E-state index contributed by atoms with van der Waals surface area (Å²) in [4.78, 5) is 15.0. The van der Waals surface area contributed by atoms with E-state index in [1.54, 1.807) is 0 Å². The fourth-order valence-corrected chi connectivity index (χ4v) is 4.39. The third-order valence-electron chi connectivity index (χ3n) is 6.63. The van der Waals surface area contributed by atoms with Crippen molar-refractivity contribution < 1.29 is 29.6 Å². The normalized spacial score (nSPS) is 16.9. The largest absolute Gasteiger partial charge is 0.399 e. The van der Waals surface area contributed by atoms with Crippen LogP contribution in [0.5, 0.6) is 0 Å². The molecule has 11 nitrogen and oxygen atoms in total. The van der Waals surface area contributed by atoms with E-state index in [4.69, 9.17) is 15.2 Å². The van der Waals surface area contributed by atoms with Crippen LogP contribution >= 0.6 is 0 Å². The van der Waals surface area contributed by atoms with E-state index >= 15 is 0 Å². The number of nitrogens with zero attached hydrogens (tertiary/aromatic N) is 2. The van der Waals surface area contributed by atoms with Gasteiger partial charge in [-0.2, -0.15) is 5.26 Å². The monoisotopic (exact) mass is 553 g/mol. The number of rotatable bonds is 13. The summed E-state index contributed by atoms with van der Waals surface area (Å²) in [5, 5.41) is 45.5. The number of hydrogen-bond acceptors (Lipinski definition) is 10. The Morgan fingerprint density at radius 2 is 1.85 bits per heavy atom. The maximum absolute atomic E-state index is 12.6. The van der Waals surface area contributed by atoms with Crippen molar-refractivity contribution in [1.29, 1.82) is 5.26 Å². The van der Waals surface area contributed by atoms with Crippen LogP contribution in [0.2, 0.25) is 0 Å². The molecule has 1 amide bonds. The number of ether oxygens (including phenoxy) is 2. The zero-order valence-corrected chi connectivity index (χ0v) is 22.9. The molecule has 1 aliphatic rings. The minimum atomic E-state index is -1.88. The van der Waals surface area contributed by atoms with Crippen LogP contribution < -0.4 is 21.3 Å². The molecule has 0 bridgehead atoms. The van der Waals surface area contributed by atoms with Gasteiger partial charge in [-0.25, -0.2) is 0 Å². The summed E-state index contributed by atoms with van der Waals surface area (Å²) in [6.07, 6.45) is 1.67. The van der Waals surface area contributed by atoms with Crippen molar-refractivity contribution in [1.82, 2.24) is 10.6 Å². The number of aliphatic hydroxyl groups excluding tert-OH is 2. The molecule has 11 heteroatoms. The molecule has 3 atom stereocenters. The summed E-state index contributed by atoms with van der Waals surface area (Å²) in [5.74, 6) is -0.565. The van der Waals surface area contributed by atoms with Crippen LogP contribution in [0.1, 0.15) is 31.7 Å². The van der Waals surface area contributed by atoms with Crippen molar-refractivity contribution in [2.24, 2.45) is 5.73 Å². The average molecular weight is 554 g/mol. The number of nitrogens with one attached hydrogen (secondary N) is 2. The maximum Gasteiger partial charge on any atom is 0.262 e. The van der Waals surface area contributed by atoms with Crippen molar-refractivity contribution in [3.05, 3.63) is 59.4 Å². The van der Waals surface area contributed by atoms with Gasteiger partial charge in [0.05, 0.1) is 12.6 Å². The highest BCUT2D eigenvalue weighted by Gasteiger charge is 2.24. The Morgan fingerprint density at radius 3 is 2.50 bits per heavy atom. The summed E-state index contributed by atoms with van der Waals surface area (Å²) in [6.45, 7) is 3.67. The van der Waals surface area contributed by atoms with E-state index in [1.807, 2.05) is 24.3 Å². The van der Waals surface area contributed by atoms with E-state index in [0.717, 1.165) is 29.4 Å². The minimum absolute atomic E-state index is 0.0297. The van der Waals surface area contributed by atoms with Gasteiger partial charge in [0.2, 0.25) is 12.6 Å². The molecule has 1 heterocycles. The molecule has 0 radical (unpaired) electrons. The summed E-state index contributed by atoms with van der Waals surface area (Å²) in [7, 11) is 1.24. The van der Waals surface area contributed by atoms with Gasteiger partial charge in [0.1, 0.15) is 17.7 Å². The first-order valence-electron chi connectivity index (χ1n) is 13.3. The molecule has 0 aliphatic carbocycles. The van der Waals surface area contributed by atoms with E-state index in [-0.39, 0.29) is 24.4 Å². The number of amides is 1. The molecule has 1 aliphatic heterocycles. The average Bonchev–Trinajstić information content (AvgIpc) is 2.96. The fraction of sp³-hybridized carbons (Fsp3) is 0.448. The molecule has 2 aromatic carbocycles. The predicted octanol–water partition coefficient (Wildman–Crippen LogP) is 1.29. The van der Waals surface area contributed by atoms with Gasteiger partial charge in [0.25, 0.3) is 5.91 Å². The number of piperidine rings is 1. The standard InChI is InChI=1S/C29H39N5O6/c1-19(35)26(40-29(39-2)28(37)38)18-32-16-24(31)17-33-27(36)23(15-30)13-20-6-7-22-14-25(9-8-21(22)12-20)34-10-4-3-5-11-34/h6-9,12-14,16,19,26,28-29,32,35,37-38H,3-5,10-11,17-18,31H2,1-2H3,(H,33,36)/b23-13+,24-16-. The highest BCUT2D eigenvalue weighted by molar-refractivity contribution is 6.02. The van der Waals surface area contributed by atoms with Crippen molar-refractivity contribution in [3.8, 4) is 6.07 Å². The van der Waals surface area contributed by atoms with Crippen molar-refractivity contribution >= 4 is 28.4 Å². The highest BCUT2D eigenvalue weighted by atomic mass is 16.7. The van der Waals surface area contributed by atoms with Gasteiger partial charge >= 0.3 is 0 Å². The fourth-order valence-electron chi connectivity index (χ4n) is 4.39. The number of carbonyl (C=O) groups is 1. The number of nitriles is 1. The summed E-state index contributed by atoms with van der Waals surface area (Å²) < 4.78 is 10.2. The lowest BCUT2D eigenvalue weighted by atomic mass is 10.0. The van der Waals surface area contributed by atoms with Crippen LogP contribution in [-0.4, -0.2) is 79.3 Å². The number of benzene rings is 2. The molecule has 1 fully saturated rings. The molecule has 40 heavy (non-hydrogen) atoms. The lowest BCUT2D eigenvalue weighted by Crippen LogP contribution is -2.43. The summed E-state index contributed by atoms with van der Waals surface area (Å²) in [5.41, 5.74) is 8.11. The Hall–Kier alpha value is -3.66. The van der Waals surface area contributed by atoms with Crippen LogP contribution in [0.3, 0.4) is 0 Å². The van der Waals surface area contributed by atoms with Crippen molar-refractivity contribution in [2.75, 3.05) is 38.2 Å². The Balaban J connectivity index is 1.57. The second kappa shape index (κ2) is 15.2. The van der Waals surface area contributed by atoms with Crippen LogP contribution in [0.25, 0.3) is 16.8 Å². The topological polar surface area (TPSA) is 173 Å². The predicted molar refractivity (Wildman–Crippen MR) is 152 cm³/mol. The Bertz CT molecular complexity index is 1230. The Morgan fingerprint density at radius 1 is 1.15 bits per heavy atom. The molecule has 3 rings (SSSR count). The van der Waals surface area contributed by atoms with Gasteiger partial charge in [-0.3, -0.25) is 4.79 Å². The van der Waals surface area contributed by atoms with E-state index in [9.17, 15) is 25.4 Å². The number of methoxy groups -OCH3 is 1. The first kappa shape index (κ1) is 30.9. The Labute approximate surface area is 234 Å². The van der Waals surface area contributed by atoms with E-state index in [0.29, 0.717) is 0 Å². The second-order valence-corrected chi connectivity index (χ2v) is 9.75. The van der Waals surface area contributed by atoms with Gasteiger partial charge < -0.3 is 46.1 Å². The van der Waals surface area contributed by atoms with E-state index in [2.05, 4.69) is 33.7 Å². The molecule has 7 N–H and O–H groups in total. The molecular weight excluding hydrogens is 514 g/mol. The number of fused-ring (bicyclic) bond motifs is 1. The van der Waals surface area contributed by atoms with Crippen molar-refractivity contribution in [3.63, 3.8) is 0 Å². The zero-order chi connectivity index (χ0) is 29.1. The van der Waals surface area contributed by atoms with Gasteiger partial charge in [0.15, 0.2) is 0 Å². The van der Waals surface area contributed by atoms with E-state index < -0.39 is 30.7 Å².